The van der Waals surface area contributed by atoms with Crippen LogP contribution < -0.4 is 11.1 Å². The molecule has 22 heavy (non-hydrogen) atoms. The van der Waals surface area contributed by atoms with Crippen molar-refractivity contribution in [2.75, 3.05) is 17.6 Å². The van der Waals surface area contributed by atoms with Gasteiger partial charge in [-0.25, -0.2) is 9.97 Å². The maximum Gasteiger partial charge on any atom is 0.125 e. The second-order valence-corrected chi connectivity index (χ2v) is 5.60. The highest BCUT2D eigenvalue weighted by Gasteiger charge is 2.07. The molecule has 3 rings (SSSR count). The number of nitrogens with two attached hydrogens (primary N) is 1. The number of fused-ring (bicyclic) bond motifs is 1. The van der Waals surface area contributed by atoms with Crippen molar-refractivity contribution in [1.82, 2.24) is 14.5 Å². The fourth-order valence-corrected chi connectivity index (χ4v) is 2.65. The molecule has 1 aromatic carbocycles. The molecule has 0 aliphatic carbocycles. The molecule has 2 aromatic heterocycles. The first-order chi connectivity index (χ1) is 10.6. The Balaban J connectivity index is 1.60. The highest BCUT2D eigenvalue weighted by atomic mass is 35.5. The number of aryl methyl sites for hydroxylation is 2. The summed E-state index contributed by atoms with van der Waals surface area (Å²) >= 11 is 6.07. The number of nitrogens with zero attached hydrogens (tertiary/aromatic N) is 3. The van der Waals surface area contributed by atoms with E-state index in [2.05, 4.69) is 33.0 Å². The maximum atomic E-state index is 6.07. The predicted molar refractivity (Wildman–Crippen MR) is 91.2 cm³/mol. The van der Waals surface area contributed by atoms with E-state index in [4.69, 9.17) is 17.3 Å². The summed E-state index contributed by atoms with van der Waals surface area (Å²) < 4.78 is 2.15. The molecule has 2 heterocycles. The van der Waals surface area contributed by atoms with Gasteiger partial charge in [0.15, 0.2) is 0 Å². The van der Waals surface area contributed by atoms with Gasteiger partial charge in [0.25, 0.3) is 0 Å². The summed E-state index contributed by atoms with van der Waals surface area (Å²) in [6.07, 6.45) is 3.41. The average Bonchev–Trinajstić information content (AvgIpc) is 2.84. The Morgan fingerprint density at radius 1 is 1.32 bits per heavy atom. The minimum Gasteiger partial charge on any atom is -0.384 e. The summed E-state index contributed by atoms with van der Waals surface area (Å²) in [7, 11) is 2.05. The van der Waals surface area contributed by atoms with Crippen LogP contribution in [-0.2, 0) is 13.5 Å². The largest absolute Gasteiger partial charge is 0.384 e. The number of rotatable bonds is 5. The summed E-state index contributed by atoms with van der Waals surface area (Å²) in [5.74, 6) is 1.55. The molecule has 0 bridgehead atoms. The number of hydrogen-bond acceptors (Lipinski definition) is 4. The lowest BCUT2D eigenvalue weighted by Gasteiger charge is -2.08. The van der Waals surface area contributed by atoms with Gasteiger partial charge in [-0.3, -0.25) is 0 Å². The second-order valence-electron chi connectivity index (χ2n) is 5.20. The maximum absolute atomic E-state index is 6.07. The van der Waals surface area contributed by atoms with E-state index in [-0.39, 0.29) is 0 Å². The van der Waals surface area contributed by atoms with Crippen molar-refractivity contribution in [3.63, 3.8) is 0 Å². The van der Waals surface area contributed by atoms with Gasteiger partial charge in [-0.2, -0.15) is 0 Å². The molecule has 0 fully saturated rings. The first-order valence-electron chi connectivity index (χ1n) is 7.20. The van der Waals surface area contributed by atoms with Crippen LogP contribution >= 0.6 is 11.6 Å². The normalized spacial score (nSPS) is 11.0. The SMILES string of the molecule is Cn1c(CCCNc2cc(N)ncc2Cl)nc2ccccc21. The molecule has 0 amide bonds. The molecule has 0 unspecified atom stereocenters. The van der Waals surface area contributed by atoms with E-state index in [1.807, 2.05) is 18.2 Å². The molecular weight excluding hydrogens is 298 g/mol. The molecule has 0 saturated heterocycles. The van der Waals surface area contributed by atoms with E-state index >= 15 is 0 Å². The fraction of sp³-hybridized carbons (Fsp3) is 0.250. The number of imidazole rings is 1. The third kappa shape index (κ3) is 2.99. The van der Waals surface area contributed by atoms with Gasteiger partial charge < -0.3 is 15.6 Å². The minimum atomic E-state index is 0.460. The number of benzene rings is 1. The summed E-state index contributed by atoms with van der Waals surface area (Å²) in [5, 5.41) is 3.87. The van der Waals surface area contributed by atoms with Crippen LogP contribution in [0.1, 0.15) is 12.2 Å². The summed E-state index contributed by atoms with van der Waals surface area (Å²) in [6, 6.07) is 9.92. The van der Waals surface area contributed by atoms with Crippen molar-refractivity contribution >= 4 is 34.1 Å². The van der Waals surface area contributed by atoms with Crippen LogP contribution in [0.3, 0.4) is 0 Å². The van der Waals surface area contributed by atoms with E-state index in [9.17, 15) is 0 Å². The first kappa shape index (κ1) is 14.7. The molecule has 3 aromatic rings. The molecule has 5 nitrogen and oxygen atoms in total. The highest BCUT2D eigenvalue weighted by molar-refractivity contribution is 6.33. The van der Waals surface area contributed by atoms with Gasteiger partial charge in [0.1, 0.15) is 11.6 Å². The molecule has 0 saturated carbocycles. The van der Waals surface area contributed by atoms with Crippen molar-refractivity contribution in [1.29, 1.82) is 0 Å². The van der Waals surface area contributed by atoms with E-state index in [0.29, 0.717) is 10.8 Å². The van der Waals surface area contributed by atoms with Crippen molar-refractivity contribution in [2.24, 2.45) is 7.05 Å². The van der Waals surface area contributed by atoms with Crippen LogP contribution in [-0.4, -0.2) is 21.1 Å². The molecular formula is C16H18ClN5. The van der Waals surface area contributed by atoms with Gasteiger partial charge in [0.2, 0.25) is 0 Å². The zero-order chi connectivity index (χ0) is 15.5. The van der Waals surface area contributed by atoms with Crippen molar-refractivity contribution in [3.8, 4) is 0 Å². The lowest BCUT2D eigenvalue weighted by Crippen LogP contribution is -2.06. The number of aromatic nitrogens is 3. The fourth-order valence-electron chi connectivity index (χ4n) is 2.48. The summed E-state index contributed by atoms with van der Waals surface area (Å²) in [4.78, 5) is 8.61. The van der Waals surface area contributed by atoms with Crippen molar-refractivity contribution in [2.45, 2.75) is 12.8 Å². The summed E-state index contributed by atoms with van der Waals surface area (Å²) in [6.45, 7) is 0.798. The molecule has 0 atom stereocenters. The number of nitrogens with one attached hydrogen (secondary N) is 1. The Hall–Kier alpha value is -2.27. The van der Waals surface area contributed by atoms with Crippen LogP contribution in [0, 0.1) is 0 Å². The molecule has 0 aliphatic heterocycles. The lowest BCUT2D eigenvalue weighted by molar-refractivity contribution is 0.753. The van der Waals surface area contributed by atoms with E-state index in [0.717, 1.165) is 41.9 Å². The Kier molecular flexibility index (Phi) is 4.15. The Morgan fingerprint density at radius 2 is 2.14 bits per heavy atom. The highest BCUT2D eigenvalue weighted by Crippen LogP contribution is 2.22. The standard InChI is InChI=1S/C16H18ClN5/c1-22-14-6-3-2-5-12(14)21-16(22)7-4-8-19-13-9-15(18)20-10-11(13)17/h2-3,5-6,9-10H,4,7-8H2,1H3,(H3,18,19,20). The lowest BCUT2D eigenvalue weighted by atomic mass is 10.3. The Bertz CT molecular complexity index is 796. The minimum absolute atomic E-state index is 0.460. The molecule has 6 heteroatoms. The van der Waals surface area contributed by atoms with Crippen LogP contribution in [0.5, 0.6) is 0 Å². The summed E-state index contributed by atoms with van der Waals surface area (Å²) in [5.41, 5.74) is 8.68. The Labute approximate surface area is 134 Å². The van der Waals surface area contributed by atoms with Crippen LogP contribution in [0.25, 0.3) is 11.0 Å². The number of halogens is 1. The van der Waals surface area contributed by atoms with Crippen LogP contribution in [0.15, 0.2) is 36.5 Å². The van der Waals surface area contributed by atoms with Crippen molar-refractivity contribution < 1.29 is 0 Å². The van der Waals surface area contributed by atoms with Gasteiger partial charge in [-0.15, -0.1) is 0 Å². The zero-order valence-electron chi connectivity index (χ0n) is 12.4. The number of para-hydroxylation sites is 2. The number of nitrogen functional groups attached to an aromatic ring is 1. The smallest absolute Gasteiger partial charge is 0.125 e. The second kappa shape index (κ2) is 6.23. The topological polar surface area (TPSA) is 68.8 Å². The van der Waals surface area contributed by atoms with Crippen LogP contribution in [0.4, 0.5) is 11.5 Å². The number of pyridine rings is 1. The van der Waals surface area contributed by atoms with Gasteiger partial charge >= 0.3 is 0 Å². The quantitative estimate of drug-likeness (QED) is 0.709. The first-order valence-corrected chi connectivity index (χ1v) is 7.58. The average molecular weight is 316 g/mol. The number of anilines is 2. The molecule has 0 spiro atoms. The monoisotopic (exact) mass is 315 g/mol. The van der Waals surface area contributed by atoms with E-state index in [1.54, 1.807) is 12.3 Å². The number of hydrogen-bond donors (Lipinski definition) is 2. The van der Waals surface area contributed by atoms with E-state index < -0.39 is 0 Å². The Morgan fingerprint density at radius 3 is 2.95 bits per heavy atom. The molecule has 0 aliphatic rings. The van der Waals surface area contributed by atoms with Gasteiger partial charge in [0.05, 0.1) is 21.7 Å². The van der Waals surface area contributed by atoms with Gasteiger partial charge in [0, 0.05) is 32.3 Å². The van der Waals surface area contributed by atoms with Gasteiger partial charge in [-0.1, -0.05) is 23.7 Å². The van der Waals surface area contributed by atoms with E-state index in [1.165, 1.54) is 0 Å². The molecule has 0 radical (unpaired) electrons. The molecule has 114 valence electrons. The predicted octanol–water partition coefficient (Wildman–Crippen LogP) is 3.25. The third-order valence-corrected chi connectivity index (χ3v) is 3.95. The van der Waals surface area contributed by atoms with Gasteiger partial charge in [-0.05, 0) is 18.6 Å². The molecule has 3 N–H and O–H groups in total. The van der Waals surface area contributed by atoms with Crippen molar-refractivity contribution in [3.05, 3.63) is 47.4 Å². The third-order valence-electron chi connectivity index (χ3n) is 3.65. The zero-order valence-corrected chi connectivity index (χ0v) is 13.1. The van der Waals surface area contributed by atoms with Crippen LogP contribution in [0.2, 0.25) is 5.02 Å².